The summed E-state index contributed by atoms with van der Waals surface area (Å²) in [4.78, 5) is 3.95. The van der Waals surface area contributed by atoms with E-state index in [1.807, 2.05) is 6.92 Å². The van der Waals surface area contributed by atoms with Crippen LogP contribution < -0.4 is 11.1 Å². The van der Waals surface area contributed by atoms with Crippen LogP contribution in [-0.2, 0) is 0 Å². The second-order valence-electron chi connectivity index (χ2n) is 1.92. The van der Waals surface area contributed by atoms with Crippen molar-refractivity contribution < 1.29 is 5.11 Å². The molecule has 4 nitrogen and oxygen atoms in total. The number of guanidine groups is 1. The molecule has 0 spiro atoms. The number of nitrogens with one attached hydrogen (secondary N) is 1. The first-order valence-electron chi connectivity index (χ1n) is 3.46. The first kappa shape index (κ1) is 9.23. The molecule has 0 rings (SSSR count). The molecule has 0 saturated carbocycles. The minimum atomic E-state index is 0.0857. The highest BCUT2D eigenvalue weighted by Crippen LogP contribution is 1.75. The fraction of sp³-hybridized carbons (Fsp3) is 0.833. The number of hydrogen-bond acceptors (Lipinski definition) is 2. The van der Waals surface area contributed by atoms with Gasteiger partial charge in [0.15, 0.2) is 5.96 Å². The molecule has 0 aromatic carbocycles. The molecule has 0 aliphatic carbocycles. The molecule has 4 N–H and O–H groups in total. The van der Waals surface area contributed by atoms with E-state index in [0.29, 0.717) is 12.5 Å². The zero-order valence-electron chi connectivity index (χ0n) is 6.30. The average Bonchev–Trinajstić information content (AvgIpc) is 1.97. The van der Waals surface area contributed by atoms with Crippen molar-refractivity contribution in [1.82, 2.24) is 5.32 Å². The van der Waals surface area contributed by atoms with Gasteiger partial charge in [0.2, 0.25) is 0 Å². The third-order valence-corrected chi connectivity index (χ3v) is 0.924. The fourth-order valence-electron chi connectivity index (χ4n) is 0.472. The van der Waals surface area contributed by atoms with Crippen LogP contribution in [0.25, 0.3) is 0 Å². The smallest absolute Gasteiger partial charge is 0.188 e. The highest BCUT2D eigenvalue weighted by molar-refractivity contribution is 5.77. The van der Waals surface area contributed by atoms with Gasteiger partial charge in [0.05, 0.1) is 6.61 Å². The van der Waals surface area contributed by atoms with Crippen molar-refractivity contribution >= 4 is 5.96 Å². The van der Waals surface area contributed by atoms with E-state index in [1.54, 1.807) is 0 Å². The number of aliphatic hydroxyl groups is 1. The molecule has 0 aromatic rings. The van der Waals surface area contributed by atoms with Gasteiger partial charge in [-0.25, -0.2) is 0 Å². The first-order chi connectivity index (χ1) is 4.81. The molecule has 10 heavy (non-hydrogen) atoms. The Balaban J connectivity index is 3.30. The van der Waals surface area contributed by atoms with Gasteiger partial charge in [-0.15, -0.1) is 0 Å². The van der Waals surface area contributed by atoms with E-state index in [2.05, 4.69) is 10.3 Å². The lowest BCUT2D eigenvalue weighted by molar-refractivity contribution is 0.300. The maximum atomic E-state index is 8.37. The van der Waals surface area contributed by atoms with Crippen LogP contribution in [0.1, 0.15) is 13.3 Å². The van der Waals surface area contributed by atoms with E-state index in [0.717, 1.165) is 13.0 Å². The van der Waals surface area contributed by atoms with Gasteiger partial charge in [-0.1, -0.05) is 6.92 Å². The topological polar surface area (TPSA) is 70.6 Å². The SMILES string of the molecule is CCCN=C(N)NCCO. The Morgan fingerprint density at radius 1 is 1.70 bits per heavy atom. The van der Waals surface area contributed by atoms with Gasteiger partial charge >= 0.3 is 0 Å². The minimum Gasteiger partial charge on any atom is -0.395 e. The molecule has 4 heteroatoms. The summed E-state index contributed by atoms with van der Waals surface area (Å²) < 4.78 is 0. The molecule has 0 bridgehead atoms. The van der Waals surface area contributed by atoms with Crippen LogP contribution in [0.4, 0.5) is 0 Å². The van der Waals surface area contributed by atoms with Crippen LogP contribution in [0.3, 0.4) is 0 Å². The number of aliphatic hydroxyl groups excluding tert-OH is 1. The molecule has 0 heterocycles. The second-order valence-corrected chi connectivity index (χ2v) is 1.92. The van der Waals surface area contributed by atoms with E-state index in [9.17, 15) is 0 Å². The maximum absolute atomic E-state index is 8.37. The zero-order valence-corrected chi connectivity index (χ0v) is 6.30. The summed E-state index contributed by atoms with van der Waals surface area (Å²) in [5.41, 5.74) is 5.37. The number of hydrogen-bond donors (Lipinski definition) is 3. The third-order valence-electron chi connectivity index (χ3n) is 0.924. The Kier molecular flexibility index (Phi) is 5.86. The average molecular weight is 145 g/mol. The fourth-order valence-corrected chi connectivity index (χ4v) is 0.472. The molecule has 0 aliphatic heterocycles. The summed E-state index contributed by atoms with van der Waals surface area (Å²) in [5, 5.41) is 11.1. The van der Waals surface area contributed by atoms with Gasteiger partial charge in [0, 0.05) is 13.1 Å². The Morgan fingerprint density at radius 3 is 2.90 bits per heavy atom. The summed E-state index contributed by atoms with van der Waals surface area (Å²) in [6, 6.07) is 0. The Bertz CT molecular complexity index is 103. The molecule has 0 aliphatic rings. The maximum Gasteiger partial charge on any atom is 0.188 e. The molecule has 0 radical (unpaired) electrons. The van der Waals surface area contributed by atoms with Crippen molar-refractivity contribution in [2.45, 2.75) is 13.3 Å². The van der Waals surface area contributed by atoms with Gasteiger partial charge in [-0.3, -0.25) is 4.99 Å². The van der Waals surface area contributed by atoms with E-state index in [4.69, 9.17) is 10.8 Å². The summed E-state index contributed by atoms with van der Waals surface area (Å²) in [6.45, 7) is 3.33. The summed E-state index contributed by atoms with van der Waals surface area (Å²) in [6.07, 6.45) is 0.988. The summed E-state index contributed by atoms with van der Waals surface area (Å²) in [5.74, 6) is 0.413. The lowest BCUT2D eigenvalue weighted by Crippen LogP contribution is -2.33. The van der Waals surface area contributed by atoms with Gasteiger partial charge in [0.25, 0.3) is 0 Å². The predicted octanol–water partition coefficient (Wildman–Crippen LogP) is -0.707. The zero-order chi connectivity index (χ0) is 7.82. The molecule has 0 atom stereocenters. The van der Waals surface area contributed by atoms with Crippen LogP contribution in [0.2, 0.25) is 0 Å². The van der Waals surface area contributed by atoms with Gasteiger partial charge in [-0.2, -0.15) is 0 Å². The highest BCUT2D eigenvalue weighted by Gasteiger charge is 1.86. The van der Waals surface area contributed by atoms with E-state index in [-0.39, 0.29) is 6.61 Å². The number of aliphatic imine (C=N–C) groups is 1. The monoisotopic (exact) mass is 145 g/mol. The third kappa shape index (κ3) is 5.37. The quantitative estimate of drug-likeness (QED) is 0.361. The van der Waals surface area contributed by atoms with Crippen LogP contribution in [0.15, 0.2) is 4.99 Å². The van der Waals surface area contributed by atoms with Gasteiger partial charge in [-0.05, 0) is 6.42 Å². The van der Waals surface area contributed by atoms with Crippen molar-refractivity contribution in [3.05, 3.63) is 0 Å². The molecule has 0 unspecified atom stereocenters. The Labute approximate surface area is 61.1 Å². The van der Waals surface area contributed by atoms with Crippen molar-refractivity contribution in [2.75, 3.05) is 19.7 Å². The van der Waals surface area contributed by atoms with Crippen LogP contribution in [0, 0.1) is 0 Å². The van der Waals surface area contributed by atoms with Crippen molar-refractivity contribution in [2.24, 2.45) is 10.7 Å². The van der Waals surface area contributed by atoms with Crippen LogP contribution >= 0.6 is 0 Å². The molecule has 0 aromatic heterocycles. The van der Waals surface area contributed by atoms with Crippen molar-refractivity contribution in [3.63, 3.8) is 0 Å². The number of rotatable bonds is 4. The molecular formula is C6H15N3O. The van der Waals surface area contributed by atoms with E-state index >= 15 is 0 Å². The molecule has 60 valence electrons. The Hall–Kier alpha value is -0.770. The standard InChI is InChI=1S/C6H15N3O/c1-2-3-8-6(7)9-4-5-10/h10H,2-5H2,1H3,(H3,7,8,9). The Morgan fingerprint density at radius 2 is 2.40 bits per heavy atom. The largest absolute Gasteiger partial charge is 0.395 e. The van der Waals surface area contributed by atoms with Crippen LogP contribution in [0.5, 0.6) is 0 Å². The predicted molar refractivity (Wildman–Crippen MR) is 41.9 cm³/mol. The van der Waals surface area contributed by atoms with Crippen molar-refractivity contribution in [1.29, 1.82) is 0 Å². The van der Waals surface area contributed by atoms with E-state index in [1.165, 1.54) is 0 Å². The second kappa shape index (κ2) is 6.35. The molecule has 0 fully saturated rings. The van der Waals surface area contributed by atoms with E-state index < -0.39 is 0 Å². The normalized spacial score (nSPS) is 11.6. The highest BCUT2D eigenvalue weighted by atomic mass is 16.3. The van der Waals surface area contributed by atoms with Gasteiger partial charge < -0.3 is 16.2 Å². The molecular weight excluding hydrogens is 130 g/mol. The lowest BCUT2D eigenvalue weighted by Gasteiger charge is -2.01. The minimum absolute atomic E-state index is 0.0857. The molecule has 0 amide bonds. The number of nitrogens with zero attached hydrogens (tertiary/aromatic N) is 1. The van der Waals surface area contributed by atoms with Crippen molar-refractivity contribution in [3.8, 4) is 0 Å². The first-order valence-corrected chi connectivity index (χ1v) is 3.46. The van der Waals surface area contributed by atoms with Crippen LogP contribution in [-0.4, -0.2) is 30.8 Å². The lowest BCUT2D eigenvalue weighted by atomic mass is 10.5. The molecule has 0 saturated heterocycles. The number of nitrogens with two attached hydrogens (primary N) is 1. The van der Waals surface area contributed by atoms with Gasteiger partial charge in [0.1, 0.15) is 0 Å². The summed E-state index contributed by atoms with van der Waals surface area (Å²) in [7, 11) is 0. The summed E-state index contributed by atoms with van der Waals surface area (Å²) >= 11 is 0.